The number of non-ortho nitro benzene ring substituents is 1. The number of halogens is 1. The third-order valence-corrected chi connectivity index (χ3v) is 8.69. The van der Waals surface area contributed by atoms with E-state index in [1.165, 1.54) is 52.7 Å². The number of anilines is 1. The quantitative estimate of drug-likeness (QED) is 0.155. The van der Waals surface area contributed by atoms with Crippen LogP contribution in [0.15, 0.2) is 122 Å². The molecule has 1 atom stereocenters. The molecular weight excluding hydrogens is 604 g/mol. The molecule has 0 aliphatic carbocycles. The number of nitrogens with zero attached hydrogens (tertiary/aromatic N) is 5. The van der Waals surface area contributed by atoms with E-state index in [4.69, 9.17) is 0 Å². The number of aromatic nitrogens is 3. The number of carbonyl (C=O) groups is 1. The van der Waals surface area contributed by atoms with E-state index in [2.05, 4.69) is 20.3 Å². The number of nitro benzene ring substituents is 1. The van der Waals surface area contributed by atoms with Crippen molar-refractivity contribution in [3.8, 4) is 0 Å². The van der Waals surface area contributed by atoms with Gasteiger partial charge in [0.1, 0.15) is 5.82 Å². The Labute approximate surface area is 257 Å². The SMILES string of the molecule is CC1=C(C(=O)Nc2ccccc2)[C@@H](c2ccc(F)cc2)n2c(s/c(=C/c3cc([N+](=O)[O-])ccc3Sc3ncccn3)c2=O)=N1. The molecular formula is C31H21FN6O4S2. The van der Waals surface area contributed by atoms with Crippen LogP contribution in [0.25, 0.3) is 6.08 Å². The minimum Gasteiger partial charge on any atom is -0.322 e. The van der Waals surface area contributed by atoms with Crippen LogP contribution in [-0.4, -0.2) is 25.4 Å². The van der Waals surface area contributed by atoms with Crippen LogP contribution in [-0.2, 0) is 4.79 Å². The average Bonchev–Trinajstić information content (AvgIpc) is 3.32. The van der Waals surface area contributed by atoms with Gasteiger partial charge in [-0.15, -0.1) is 0 Å². The molecule has 2 aromatic heterocycles. The lowest BCUT2D eigenvalue weighted by Gasteiger charge is -2.25. The summed E-state index contributed by atoms with van der Waals surface area (Å²) in [5, 5.41) is 14.9. The molecule has 44 heavy (non-hydrogen) atoms. The molecule has 3 aromatic carbocycles. The minimum atomic E-state index is -0.908. The van der Waals surface area contributed by atoms with Crippen LogP contribution >= 0.6 is 23.1 Å². The van der Waals surface area contributed by atoms with Gasteiger partial charge in [0.15, 0.2) is 9.96 Å². The van der Waals surface area contributed by atoms with E-state index in [0.29, 0.717) is 37.4 Å². The molecule has 5 aromatic rings. The summed E-state index contributed by atoms with van der Waals surface area (Å²) in [7, 11) is 0. The highest BCUT2D eigenvalue weighted by molar-refractivity contribution is 7.99. The van der Waals surface area contributed by atoms with Crippen LogP contribution in [0.1, 0.15) is 24.1 Å². The maximum atomic E-state index is 14.1. The highest BCUT2D eigenvalue weighted by Crippen LogP contribution is 2.32. The number of thiazole rings is 1. The van der Waals surface area contributed by atoms with E-state index in [-0.39, 0.29) is 15.8 Å². The van der Waals surface area contributed by atoms with Crippen molar-refractivity contribution in [2.45, 2.75) is 23.0 Å². The highest BCUT2D eigenvalue weighted by atomic mass is 32.2. The Kier molecular flexibility index (Phi) is 7.96. The van der Waals surface area contributed by atoms with Gasteiger partial charge in [0.25, 0.3) is 17.2 Å². The van der Waals surface area contributed by atoms with E-state index in [9.17, 15) is 24.1 Å². The molecule has 0 saturated carbocycles. The number of fused-ring (bicyclic) bond motifs is 1. The molecule has 3 heterocycles. The van der Waals surface area contributed by atoms with Crippen molar-refractivity contribution < 1.29 is 14.1 Å². The van der Waals surface area contributed by atoms with Crippen molar-refractivity contribution in [1.29, 1.82) is 0 Å². The van der Waals surface area contributed by atoms with Gasteiger partial charge in [0, 0.05) is 35.1 Å². The third-order valence-electron chi connectivity index (χ3n) is 6.72. The van der Waals surface area contributed by atoms with Crippen molar-refractivity contribution in [3.63, 3.8) is 0 Å². The van der Waals surface area contributed by atoms with Crippen LogP contribution in [0.4, 0.5) is 15.8 Å². The molecule has 6 rings (SSSR count). The number of nitrogens with one attached hydrogen (secondary N) is 1. The summed E-state index contributed by atoms with van der Waals surface area (Å²) in [5.74, 6) is -0.920. The molecule has 0 radical (unpaired) electrons. The van der Waals surface area contributed by atoms with E-state index in [1.807, 2.05) is 6.07 Å². The Bertz CT molecular complexity index is 2110. The van der Waals surface area contributed by atoms with Crippen molar-refractivity contribution in [3.05, 3.63) is 149 Å². The summed E-state index contributed by atoms with van der Waals surface area (Å²) >= 11 is 2.29. The summed E-state index contributed by atoms with van der Waals surface area (Å²) in [6.45, 7) is 1.68. The number of para-hydroxylation sites is 1. The molecule has 1 amide bonds. The molecule has 1 N–H and O–H groups in total. The van der Waals surface area contributed by atoms with Crippen molar-refractivity contribution in [2.75, 3.05) is 5.32 Å². The summed E-state index contributed by atoms with van der Waals surface area (Å²) in [4.78, 5) is 52.8. The predicted octanol–water partition coefficient (Wildman–Crippen LogP) is 4.86. The molecule has 0 bridgehead atoms. The zero-order valence-corrected chi connectivity index (χ0v) is 24.5. The van der Waals surface area contributed by atoms with Gasteiger partial charge in [0.05, 0.1) is 26.8 Å². The Morgan fingerprint density at radius 1 is 1.07 bits per heavy atom. The van der Waals surface area contributed by atoms with E-state index in [1.54, 1.807) is 61.8 Å². The van der Waals surface area contributed by atoms with Crippen LogP contribution < -0.4 is 20.2 Å². The molecule has 1 aliphatic heterocycles. The average molecular weight is 625 g/mol. The standard InChI is InChI=1S/C31H21FN6O4S2/c1-18-26(28(39)36-22-6-3-2-4-7-22)27(19-8-10-21(32)11-9-19)37-29(40)25(44-31(37)35-18)17-20-16-23(38(41)42)12-13-24(20)43-30-33-14-5-15-34-30/h2-17,27H,1H3,(H,36,39)/b25-17+/t27-/m1/s1. The predicted molar refractivity (Wildman–Crippen MR) is 164 cm³/mol. The van der Waals surface area contributed by atoms with Gasteiger partial charge < -0.3 is 5.32 Å². The van der Waals surface area contributed by atoms with E-state index < -0.39 is 28.2 Å². The van der Waals surface area contributed by atoms with Gasteiger partial charge >= 0.3 is 0 Å². The summed E-state index contributed by atoms with van der Waals surface area (Å²) < 4.78 is 15.6. The van der Waals surface area contributed by atoms with Gasteiger partial charge in [0.2, 0.25) is 0 Å². The number of carbonyl (C=O) groups excluding carboxylic acids is 1. The first-order valence-corrected chi connectivity index (χ1v) is 14.8. The first-order chi connectivity index (χ1) is 21.3. The lowest BCUT2D eigenvalue weighted by atomic mass is 9.95. The Balaban J connectivity index is 1.51. The lowest BCUT2D eigenvalue weighted by molar-refractivity contribution is -0.384. The second kappa shape index (κ2) is 12.1. The molecule has 0 spiro atoms. The second-order valence-corrected chi connectivity index (χ2v) is 11.6. The summed E-state index contributed by atoms with van der Waals surface area (Å²) in [6.07, 6.45) is 4.73. The Hall–Kier alpha value is -5.27. The molecule has 13 heteroatoms. The molecule has 0 unspecified atom stereocenters. The van der Waals surface area contributed by atoms with Gasteiger partial charge in [-0.25, -0.2) is 19.4 Å². The number of nitro groups is 1. The smallest absolute Gasteiger partial charge is 0.271 e. The molecule has 10 nitrogen and oxygen atoms in total. The van der Waals surface area contributed by atoms with Crippen LogP contribution in [0.2, 0.25) is 0 Å². The van der Waals surface area contributed by atoms with E-state index >= 15 is 0 Å². The number of allylic oxidation sites excluding steroid dienone is 1. The van der Waals surface area contributed by atoms with Crippen LogP contribution in [0.3, 0.4) is 0 Å². The monoisotopic (exact) mass is 624 g/mol. The van der Waals surface area contributed by atoms with E-state index in [0.717, 1.165) is 11.3 Å². The zero-order chi connectivity index (χ0) is 30.8. The van der Waals surface area contributed by atoms with Crippen LogP contribution in [0, 0.1) is 15.9 Å². The van der Waals surface area contributed by atoms with Crippen molar-refractivity contribution in [2.24, 2.45) is 4.99 Å². The molecule has 0 fully saturated rings. The first kappa shape index (κ1) is 28.8. The Morgan fingerprint density at radius 3 is 2.50 bits per heavy atom. The topological polar surface area (TPSA) is 132 Å². The molecule has 218 valence electrons. The number of hydrogen-bond donors (Lipinski definition) is 1. The van der Waals surface area contributed by atoms with Crippen molar-refractivity contribution in [1.82, 2.24) is 14.5 Å². The van der Waals surface area contributed by atoms with Gasteiger partial charge in [-0.2, -0.15) is 0 Å². The first-order valence-electron chi connectivity index (χ1n) is 13.2. The van der Waals surface area contributed by atoms with Gasteiger partial charge in [-0.05, 0) is 72.3 Å². The number of rotatable bonds is 7. The normalized spacial score (nSPS) is 14.6. The number of amides is 1. The Morgan fingerprint density at radius 2 is 1.80 bits per heavy atom. The minimum absolute atomic E-state index is 0.151. The highest BCUT2D eigenvalue weighted by Gasteiger charge is 2.32. The third kappa shape index (κ3) is 5.82. The molecule has 1 aliphatic rings. The summed E-state index contributed by atoms with van der Waals surface area (Å²) in [6, 6.07) is 19.6. The fourth-order valence-electron chi connectivity index (χ4n) is 4.73. The van der Waals surface area contributed by atoms with Gasteiger partial charge in [-0.1, -0.05) is 41.7 Å². The van der Waals surface area contributed by atoms with Gasteiger partial charge in [-0.3, -0.25) is 24.3 Å². The van der Waals surface area contributed by atoms with Crippen molar-refractivity contribution >= 4 is 46.5 Å². The fraction of sp³-hybridized carbons (Fsp3) is 0.0645. The maximum absolute atomic E-state index is 14.1. The largest absolute Gasteiger partial charge is 0.322 e. The van der Waals surface area contributed by atoms with Crippen LogP contribution in [0.5, 0.6) is 0 Å². The fourth-order valence-corrected chi connectivity index (χ4v) is 6.56. The lowest BCUT2D eigenvalue weighted by Crippen LogP contribution is -2.40. The second-order valence-electron chi connectivity index (χ2n) is 9.57. The zero-order valence-electron chi connectivity index (χ0n) is 22.9. The summed E-state index contributed by atoms with van der Waals surface area (Å²) in [5.41, 5.74) is 1.51. The number of hydrogen-bond acceptors (Lipinski definition) is 9. The molecule has 0 saturated heterocycles. The maximum Gasteiger partial charge on any atom is 0.271 e. The number of benzene rings is 3.